The van der Waals surface area contributed by atoms with Gasteiger partial charge in [-0.05, 0) is 37.8 Å². The van der Waals surface area contributed by atoms with Crippen molar-refractivity contribution in [2.75, 3.05) is 6.54 Å². The van der Waals surface area contributed by atoms with Crippen LogP contribution in [-0.2, 0) is 17.8 Å². The third-order valence-electron chi connectivity index (χ3n) is 4.77. The van der Waals surface area contributed by atoms with Crippen molar-refractivity contribution in [2.24, 2.45) is 5.92 Å². The maximum Gasteiger partial charge on any atom is 0.220 e. The van der Waals surface area contributed by atoms with Crippen LogP contribution in [0, 0.1) is 5.92 Å². The summed E-state index contributed by atoms with van der Waals surface area (Å²) < 4.78 is 2.13. The van der Waals surface area contributed by atoms with Crippen LogP contribution in [0.4, 0.5) is 0 Å². The summed E-state index contributed by atoms with van der Waals surface area (Å²) in [5.74, 6) is 1.78. The number of nitrogens with zero attached hydrogens (tertiary/aromatic N) is 3. The van der Waals surface area contributed by atoms with E-state index in [4.69, 9.17) is 0 Å². The van der Waals surface area contributed by atoms with Crippen LogP contribution in [0.3, 0.4) is 0 Å². The predicted octanol–water partition coefficient (Wildman–Crippen LogP) is 3.08. The minimum Gasteiger partial charge on any atom is -0.356 e. The lowest BCUT2D eigenvalue weighted by Crippen LogP contribution is -2.28. The standard InChI is InChI=1S/C18H26N4O/c1-2-22-16(21-15-9-6-11-20-18(15)22)10-12-19-17(23)13-14-7-4-3-5-8-14/h6,9,11,14H,2-5,7-8,10,12-13H2,1H3,(H,19,23). The van der Waals surface area contributed by atoms with E-state index in [1.807, 2.05) is 12.1 Å². The van der Waals surface area contributed by atoms with Crippen LogP contribution in [0.15, 0.2) is 18.3 Å². The molecule has 1 aliphatic carbocycles. The third-order valence-corrected chi connectivity index (χ3v) is 4.77. The van der Waals surface area contributed by atoms with Gasteiger partial charge in [-0.2, -0.15) is 0 Å². The van der Waals surface area contributed by atoms with Crippen LogP contribution in [0.5, 0.6) is 0 Å². The van der Waals surface area contributed by atoms with Gasteiger partial charge in [0.1, 0.15) is 11.3 Å². The van der Waals surface area contributed by atoms with Crippen molar-refractivity contribution in [2.45, 2.75) is 58.4 Å². The van der Waals surface area contributed by atoms with Crippen LogP contribution in [0.2, 0.25) is 0 Å². The first kappa shape index (κ1) is 16.0. The van der Waals surface area contributed by atoms with Crippen molar-refractivity contribution >= 4 is 17.1 Å². The molecule has 2 aromatic rings. The average Bonchev–Trinajstić information content (AvgIpc) is 2.93. The van der Waals surface area contributed by atoms with Crippen LogP contribution in [0.25, 0.3) is 11.2 Å². The molecule has 2 heterocycles. The molecule has 0 spiro atoms. The molecule has 1 amide bonds. The van der Waals surface area contributed by atoms with E-state index in [2.05, 4.69) is 26.8 Å². The molecule has 0 aliphatic heterocycles. The van der Waals surface area contributed by atoms with E-state index in [9.17, 15) is 4.79 Å². The lowest BCUT2D eigenvalue weighted by Gasteiger charge is -2.20. The second-order valence-electron chi connectivity index (χ2n) is 6.43. The number of aromatic nitrogens is 3. The van der Waals surface area contributed by atoms with Gasteiger partial charge in [0.15, 0.2) is 5.65 Å². The number of carbonyl (C=O) groups is 1. The van der Waals surface area contributed by atoms with Gasteiger partial charge in [0, 0.05) is 32.1 Å². The van der Waals surface area contributed by atoms with E-state index in [1.165, 1.54) is 32.1 Å². The van der Waals surface area contributed by atoms with Gasteiger partial charge in [-0.1, -0.05) is 19.3 Å². The minimum absolute atomic E-state index is 0.189. The summed E-state index contributed by atoms with van der Waals surface area (Å²) in [6.07, 6.45) is 9.56. The molecular weight excluding hydrogens is 288 g/mol. The summed E-state index contributed by atoms with van der Waals surface area (Å²) in [5.41, 5.74) is 1.86. The number of imidazole rings is 1. The quantitative estimate of drug-likeness (QED) is 0.891. The van der Waals surface area contributed by atoms with E-state index in [0.717, 1.165) is 30.0 Å². The Balaban J connectivity index is 1.53. The zero-order valence-electron chi connectivity index (χ0n) is 13.9. The first-order valence-corrected chi connectivity index (χ1v) is 8.84. The Morgan fingerprint density at radius 1 is 1.35 bits per heavy atom. The fourth-order valence-corrected chi connectivity index (χ4v) is 3.57. The van der Waals surface area contributed by atoms with Crippen molar-refractivity contribution in [1.82, 2.24) is 19.9 Å². The molecule has 0 radical (unpaired) electrons. The molecule has 0 atom stereocenters. The lowest BCUT2D eigenvalue weighted by molar-refractivity contribution is -0.122. The van der Waals surface area contributed by atoms with Crippen molar-refractivity contribution in [1.29, 1.82) is 0 Å². The van der Waals surface area contributed by atoms with Gasteiger partial charge in [-0.3, -0.25) is 4.79 Å². The number of rotatable bonds is 6. The molecule has 1 fully saturated rings. The summed E-state index contributed by atoms with van der Waals surface area (Å²) in [4.78, 5) is 21.1. The summed E-state index contributed by atoms with van der Waals surface area (Å²) in [6.45, 7) is 3.59. The van der Waals surface area contributed by atoms with E-state index in [0.29, 0.717) is 18.9 Å². The van der Waals surface area contributed by atoms with Crippen molar-refractivity contribution in [3.8, 4) is 0 Å². The molecule has 23 heavy (non-hydrogen) atoms. The molecule has 1 saturated carbocycles. The molecule has 2 aromatic heterocycles. The molecule has 0 aromatic carbocycles. The summed E-state index contributed by atoms with van der Waals surface area (Å²) in [6, 6.07) is 3.89. The minimum atomic E-state index is 0.189. The molecule has 124 valence electrons. The van der Waals surface area contributed by atoms with Gasteiger partial charge in [-0.15, -0.1) is 0 Å². The lowest BCUT2D eigenvalue weighted by atomic mass is 9.87. The first-order valence-electron chi connectivity index (χ1n) is 8.84. The highest BCUT2D eigenvalue weighted by atomic mass is 16.1. The number of amides is 1. The highest BCUT2D eigenvalue weighted by molar-refractivity contribution is 5.76. The molecule has 0 unspecified atom stereocenters. The van der Waals surface area contributed by atoms with Crippen molar-refractivity contribution in [3.05, 3.63) is 24.2 Å². The molecule has 0 bridgehead atoms. The maximum atomic E-state index is 12.1. The number of hydrogen-bond acceptors (Lipinski definition) is 3. The van der Waals surface area contributed by atoms with E-state index < -0.39 is 0 Å². The Morgan fingerprint density at radius 3 is 2.96 bits per heavy atom. The Labute approximate surface area is 137 Å². The largest absolute Gasteiger partial charge is 0.356 e. The number of fused-ring (bicyclic) bond motifs is 1. The second-order valence-corrected chi connectivity index (χ2v) is 6.43. The second kappa shape index (κ2) is 7.57. The topological polar surface area (TPSA) is 59.8 Å². The summed E-state index contributed by atoms with van der Waals surface area (Å²) in [5, 5.41) is 3.06. The Bertz CT molecular complexity index is 658. The molecule has 5 heteroatoms. The summed E-state index contributed by atoms with van der Waals surface area (Å²) in [7, 11) is 0. The first-order chi connectivity index (χ1) is 11.3. The van der Waals surface area contributed by atoms with Gasteiger partial charge in [0.2, 0.25) is 5.91 Å². The Hall–Kier alpha value is -1.91. The van der Waals surface area contributed by atoms with E-state index in [1.54, 1.807) is 6.20 Å². The Kier molecular flexibility index (Phi) is 5.26. The maximum absolute atomic E-state index is 12.1. The van der Waals surface area contributed by atoms with Crippen LogP contribution < -0.4 is 5.32 Å². The van der Waals surface area contributed by atoms with Crippen molar-refractivity contribution in [3.63, 3.8) is 0 Å². The monoisotopic (exact) mass is 314 g/mol. The molecule has 0 saturated heterocycles. The van der Waals surface area contributed by atoms with Crippen LogP contribution >= 0.6 is 0 Å². The van der Waals surface area contributed by atoms with Gasteiger partial charge in [0.05, 0.1) is 0 Å². The average molecular weight is 314 g/mol. The zero-order chi connectivity index (χ0) is 16.1. The zero-order valence-corrected chi connectivity index (χ0v) is 13.9. The van der Waals surface area contributed by atoms with Gasteiger partial charge >= 0.3 is 0 Å². The van der Waals surface area contributed by atoms with Gasteiger partial charge < -0.3 is 9.88 Å². The molecule has 1 N–H and O–H groups in total. The number of aryl methyl sites for hydroxylation is 1. The molecular formula is C18H26N4O. The SMILES string of the molecule is CCn1c(CCNC(=O)CC2CCCCC2)nc2cccnc21. The van der Waals surface area contributed by atoms with Crippen LogP contribution in [0.1, 0.15) is 51.3 Å². The number of carbonyl (C=O) groups excluding carboxylic acids is 1. The highest BCUT2D eigenvalue weighted by Crippen LogP contribution is 2.26. The van der Waals surface area contributed by atoms with Gasteiger partial charge in [0.25, 0.3) is 0 Å². The Morgan fingerprint density at radius 2 is 2.17 bits per heavy atom. The molecule has 5 nitrogen and oxygen atoms in total. The van der Waals surface area contributed by atoms with Crippen LogP contribution in [-0.4, -0.2) is 27.0 Å². The summed E-state index contributed by atoms with van der Waals surface area (Å²) >= 11 is 0. The normalized spacial score (nSPS) is 15.9. The third kappa shape index (κ3) is 3.89. The van der Waals surface area contributed by atoms with Gasteiger partial charge in [-0.25, -0.2) is 9.97 Å². The van der Waals surface area contributed by atoms with E-state index >= 15 is 0 Å². The molecule has 1 aliphatic rings. The molecule has 3 rings (SSSR count). The highest BCUT2D eigenvalue weighted by Gasteiger charge is 2.17. The predicted molar refractivity (Wildman–Crippen MR) is 91.1 cm³/mol. The smallest absolute Gasteiger partial charge is 0.220 e. The van der Waals surface area contributed by atoms with Crippen molar-refractivity contribution < 1.29 is 4.79 Å². The number of nitrogens with one attached hydrogen (secondary N) is 1. The number of pyridine rings is 1. The fourth-order valence-electron chi connectivity index (χ4n) is 3.57. The fraction of sp³-hybridized carbons (Fsp3) is 0.611. The van der Waals surface area contributed by atoms with E-state index in [-0.39, 0.29) is 5.91 Å². The number of hydrogen-bond donors (Lipinski definition) is 1.